The molecule has 1 unspecified atom stereocenters. The molecule has 0 aliphatic carbocycles. The fraction of sp³-hybridized carbons (Fsp3) is 0.583. The first kappa shape index (κ1) is 11.5. The molecule has 16 heavy (non-hydrogen) atoms. The van der Waals surface area contributed by atoms with E-state index in [1.165, 1.54) is 0 Å². The minimum absolute atomic E-state index is 0.114. The summed E-state index contributed by atoms with van der Waals surface area (Å²) in [6.07, 6.45) is 4.65. The van der Waals surface area contributed by atoms with Crippen LogP contribution in [0.25, 0.3) is 0 Å². The fourth-order valence-corrected chi connectivity index (χ4v) is 2.02. The van der Waals surface area contributed by atoms with E-state index in [9.17, 15) is 0 Å². The lowest BCUT2D eigenvalue weighted by Gasteiger charge is -2.28. The Morgan fingerprint density at radius 1 is 1.44 bits per heavy atom. The predicted molar refractivity (Wildman–Crippen MR) is 65.1 cm³/mol. The standard InChI is InChI=1S/C12H20N4/c13-12(11-2-1-4-15-10-11)3-7-16-8-5-14-6-9-16/h1-2,4,10,12,14H,3,5-9,13H2. The molecule has 2 rings (SSSR count). The highest BCUT2D eigenvalue weighted by atomic mass is 15.2. The normalized spacial score (nSPS) is 19.6. The highest BCUT2D eigenvalue weighted by Gasteiger charge is 2.12. The number of nitrogens with zero attached hydrogens (tertiary/aromatic N) is 2. The smallest absolute Gasteiger partial charge is 0.0322 e. The summed E-state index contributed by atoms with van der Waals surface area (Å²) in [5.41, 5.74) is 7.27. The van der Waals surface area contributed by atoms with Gasteiger partial charge in [0.15, 0.2) is 0 Å². The van der Waals surface area contributed by atoms with Gasteiger partial charge in [-0.3, -0.25) is 4.98 Å². The van der Waals surface area contributed by atoms with Crippen molar-refractivity contribution in [2.75, 3.05) is 32.7 Å². The summed E-state index contributed by atoms with van der Waals surface area (Å²) in [6.45, 7) is 5.56. The summed E-state index contributed by atoms with van der Waals surface area (Å²) in [6, 6.07) is 4.11. The lowest BCUT2D eigenvalue weighted by Crippen LogP contribution is -2.44. The molecular formula is C12H20N4. The molecule has 4 nitrogen and oxygen atoms in total. The maximum Gasteiger partial charge on any atom is 0.0322 e. The van der Waals surface area contributed by atoms with Crippen LogP contribution in [-0.2, 0) is 0 Å². The SMILES string of the molecule is NC(CCN1CCNCC1)c1cccnc1. The van der Waals surface area contributed by atoms with Gasteiger partial charge in [-0.1, -0.05) is 6.07 Å². The molecule has 3 N–H and O–H groups in total. The Hall–Kier alpha value is -0.970. The summed E-state index contributed by atoms with van der Waals surface area (Å²) in [5, 5.41) is 3.35. The molecule has 2 heterocycles. The van der Waals surface area contributed by atoms with Gasteiger partial charge in [0.25, 0.3) is 0 Å². The van der Waals surface area contributed by atoms with Gasteiger partial charge in [-0.2, -0.15) is 0 Å². The number of nitrogens with two attached hydrogens (primary N) is 1. The van der Waals surface area contributed by atoms with Crippen molar-refractivity contribution in [2.24, 2.45) is 5.73 Å². The number of rotatable bonds is 4. The first-order valence-corrected chi connectivity index (χ1v) is 5.95. The number of pyridine rings is 1. The Balaban J connectivity index is 1.77. The molecule has 1 aliphatic heterocycles. The van der Waals surface area contributed by atoms with Crippen molar-refractivity contribution in [2.45, 2.75) is 12.5 Å². The van der Waals surface area contributed by atoms with E-state index in [0.29, 0.717) is 0 Å². The number of aromatic nitrogens is 1. The van der Waals surface area contributed by atoms with Crippen molar-refractivity contribution in [3.8, 4) is 0 Å². The van der Waals surface area contributed by atoms with E-state index >= 15 is 0 Å². The van der Waals surface area contributed by atoms with Gasteiger partial charge in [0, 0.05) is 51.2 Å². The summed E-state index contributed by atoms with van der Waals surface area (Å²) in [7, 11) is 0. The van der Waals surface area contributed by atoms with Crippen LogP contribution in [0.3, 0.4) is 0 Å². The molecule has 0 spiro atoms. The number of hydrogen-bond acceptors (Lipinski definition) is 4. The summed E-state index contributed by atoms with van der Waals surface area (Å²) >= 11 is 0. The molecule has 1 aromatic rings. The lowest BCUT2D eigenvalue weighted by molar-refractivity contribution is 0.233. The van der Waals surface area contributed by atoms with Crippen LogP contribution in [0.4, 0.5) is 0 Å². The zero-order chi connectivity index (χ0) is 11.2. The van der Waals surface area contributed by atoms with Gasteiger partial charge in [0.2, 0.25) is 0 Å². The molecular weight excluding hydrogens is 200 g/mol. The molecule has 1 atom stereocenters. The first-order valence-electron chi connectivity index (χ1n) is 5.95. The molecule has 88 valence electrons. The third-order valence-electron chi connectivity index (χ3n) is 3.08. The van der Waals surface area contributed by atoms with E-state index in [1.807, 2.05) is 12.3 Å². The average molecular weight is 220 g/mol. The molecule has 0 bridgehead atoms. The van der Waals surface area contributed by atoms with Crippen LogP contribution in [0.5, 0.6) is 0 Å². The quantitative estimate of drug-likeness (QED) is 0.770. The third-order valence-corrected chi connectivity index (χ3v) is 3.08. The first-order chi connectivity index (χ1) is 7.86. The van der Waals surface area contributed by atoms with E-state index in [2.05, 4.69) is 21.3 Å². The van der Waals surface area contributed by atoms with E-state index in [0.717, 1.165) is 44.7 Å². The van der Waals surface area contributed by atoms with E-state index in [-0.39, 0.29) is 6.04 Å². The second kappa shape index (κ2) is 5.94. The topological polar surface area (TPSA) is 54.2 Å². The molecule has 0 amide bonds. The van der Waals surface area contributed by atoms with Crippen LogP contribution in [0.15, 0.2) is 24.5 Å². The average Bonchev–Trinajstić information content (AvgIpc) is 2.38. The van der Waals surface area contributed by atoms with Gasteiger partial charge in [0.05, 0.1) is 0 Å². The van der Waals surface area contributed by atoms with E-state index < -0.39 is 0 Å². The predicted octanol–water partition coefficient (Wildman–Crippen LogP) is 0.377. The van der Waals surface area contributed by atoms with Crippen molar-refractivity contribution >= 4 is 0 Å². The van der Waals surface area contributed by atoms with Gasteiger partial charge in [-0.15, -0.1) is 0 Å². The third kappa shape index (κ3) is 3.27. The van der Waals surface area contributed by atoms with Crippen LogP contribution >= 0.6 is 0 Å². The van der Waals surface area contributed by atoms with Crippen molar-refractivity contribution in [3.05, 3.63) is 30.1 Å². The van der Waals surface area contributed by atoms with Crippen LogP contribution in [0.1, 0.15) is 18.0 Å². The highest BCUT2D eigenvalue weighted by molar-refractivity contribution is 5.12. The Morgan fingerprint density at radius 2 is 2.25 bits per heavy atom. The van der Waals surface area contributed by atoms with Crippen molar-refractivity contribution in [1.29, 1.82) is 0 Å². The maximum absolute atomic E-state index is 6.13. The zero-order valence-electron chi connectivity index (χ0n) is 9.60. The molecule has 0 aromatic carbocycles. The second-order valence-corrected chi connectivity index (χ2v) is 4.27. The van der Waals surface area contributed by atoms with Gasteiger partial charge >= 0.3 is 0 Å². The molecule has 1 saturated heterocycles. The molecule has 1 aliphatic rings. The number of piperazine rings is 1. The van der Waals surface area contributed by atoms with Crippen LogP contribution < -0.4 is 11.1 Å². The van der Waals surface area contributed by atoms with Gasteiger partial charge in [-0.05, 0) is 18.1 Å². The van der Waals surface area contributed by atoms with Crippen molar-refractivity contribution < 1.29 is 0 Å². The Morgan fingerprint density at radius 3 is 2.94 bits per heavy atom. The largest absolute Gasteiger partial charge is 0.324 e. The van der Waals surface area contributed by atoms with Gasteiger partial charge in [0.1, 0.15) is 0 Å². The summed E-state index contributed by atoms with van der Waals surface area (Å²) in [4.78, 5) is 6.56. The van der Waals surface area contributed by atoms with Crippen molar-refractivity contribution in [3.63, 3.8) is 0 Å². The molecule has 0 saturated carbocycles. The zero-order valence-corrected chi connectivity index (χ0v) is 9.60. The molecule has 4 heteroatoms. The fourth-order valence-electron chi connectivity index (χ4n) is 2.02. The second-order valence-electron chi connectivity index (χ2n) is 4.27. The molecule has 1 fully saturated rings. The monoisotopic (exact) mass is 220 g/mol. The van der Waals surface area contributed by atoms with Gasteiger partial charge < -0.3 is 16.0 Å². The van der Waals surface area contributed by atoms with Gasteiger partial charge in [-0.25, -0.2) is 0 Å². The Kier molecular flexibility index (Phi) is 4.27. The number of nitrogens with one attached hydrogen (secondary N) is 1. The lowest BCUT2D eigenvalue weighted by atomic mass is 10.1. The minimum Gasteiger partial charge on any atom is -0.324 e. The van der Waals surface area contributed by atoms with Crippen molar-refractivity contribution in [1.82, 2.24) is 15.2 Å². The van der Waals surface area contributed by atoms with E-state index in [1.54, 1.807) is 6.20 Å². The Bertz CT molecular complexity index is 295. The summed E-state index contributed by atoms with van der Waals surface area (Å²) < 4.78 is 0. The van der Waals surface area contributed by atoms with Crippen LogP contribution in [-0.4, -0.2) is 42.6 Å². The number of hydrogen-bond donors (Lipinski definition) is 2. The van der Waals surface area contributed by atoms with Crippen LogP contribution in [0.2, 0.25) is 0 Å². The summed E-state index contributed by atoms with van der Waals surface area (Å²) in [5.74, 6) is 0. The van der Waals surface area contributed by atoms with Crippen LogP contribution in [0, 0.1) is 0 Å². The molecule has 0 radical (unpaired) electrons. The Labute approximate surface area is 96.8 Å². The maximum atomic E-state index is 6.13. The molecule has 1 aromatic heterocycles. The minimum atomic E-state index is 0.114. The van der Waals surface area contributed by atoms with E-state index in [4.69, 9.17) is 5.73 Å². The highest BCUT2D eigenvalue weighted by Crippen LogP contribution is 2.12.